The van der Waals surface area contributed by atoms with Gasteiger partial charge in [0.05, 0.1) is 0 Å². The van der Waals surface area contributed by atoms with Crippen molar-refractivity contribution in [3.63, 3.8) is 0 Å². The van der Waals surface area contributed by atoms with Crippen LogP contribution in [0.2, 0.25) is 0 Å². The lowest BCUT2D eigenvalue weighted by Gasteiger charge is -2.40. The summed E-state index contributed by atoms with van der Waals surface area (Å²) in [4.78, 5) is 2.66. The van der Waals surface area contributed by atoms with Gasteiger partial charge in [-0.25, -0.2) is 0 Å². The van der Waals surface area contributed by atoms with Crippen LogP contribution in [0.3, 0.4) is 0 Å². The van der Waals surface area contributed by atoms with Crippen LogP contribution >= 0.6 is 0 Å². The Balaban J connectivity index is 4.68. The van der Waals surface area contributed by atoms with Crippen LogP contribution < -0.4 is 5.32 Å². The molecule has 0 spiro atoms. The minimum Gasteiger partial charge on any atom is -0.316 e. The van der Waals surface area contributed by atoms with E-state index in [1.54, 1.807) is 0 Å². The van der Waals surface area contributed by atoms with Crippen molar-refractivity contribution >= 4 is 0 Å². The zero-order valence-corrected chi connectivity index (χ0v) is 13.8. The number of nitrogens with zero attached hydrogens (tertiary/aromatic N) is 1. The zero-order chi connectivity index (χ0) is 14.2. The number of nitrogens with one attached hydrogen (secondary N) is 1. The van der Waals surface area contributed by atoms with Gasteiger partial charge in [0.25, 0.3) is 0 Å². The van der Waals surface area contributed by atoms with E-state index in [0.717, 1.165) is 19.0 Å². The molecule has 0 aliphatic carbocycles. The average molecular weight is 256 g/mol. The third-order valence-corrected chi connectivity index (χ3v) is 4.12. The topological polar surface area (TPSA) is 15.3 Å². The summed E-state index contributed by atoms with van der Waals surface area (Å²) in [5, 5.41) is 3.56. The minimum atomic E-state index is 0.440. The molecule has 0 aliphatic rings. The molecule has 0 atom stereocenters. The Morgan fingerprint density at radius 2 is 1.56 bits per heavy atom. The normalized spacial score (nSPS) is 13.0. The third-order valence-electron chi connectivity index (χ3n) is 4.12. The molecular formula is C16H36N2. The second kappa shape index (κ2) is 8.92. The largest absolute Gasteiger partial charge is 0.316 e. The van der Waals surface area contributed by atoms with Crippen LogP contribution in [0.15, 0.2) is 0 Å². The molecule has 1 N–H and O–H groups in total. The van der Waals surface area contributed by atoms with Gasteiger partial charge < -0.3 is 10.2 Å². The van der Waals surface area contributed by atoms with Crippen LogP contribution in [-0.4, -0.2) is 37.1 Å². The maximum Gasteiger partial charge on any atom is 0.00528 e. The summed E-state index contributed by atoms with van der Waals surface area (Å²) in [6.45, 7) is 20.8. The first-order valence-corrected chi connectivity index (χ1v) is 7.85. The summed E-state index contributed by atoms with van der Waals surface area (Å²) in [6, 6.07) is 0.645. The van der Waals surface area contributed by atoms with Gasteiger partial charge in [-0.3, -0.25) is 0 Å². The lowest BCUT2D eigenvalue weighted by Crippen LogP contribution is -2.47. The van der Waals surface area contributed by atoms with Crippen molar-refractivity contribution in [1.82, 2.24) is 10.2 Å². The van der Waals surface area contributed by atoms with Gasteiger partial charge in [-0.1, -0.05) is 34.6 Å². The van der Waals surface area contributed by atoms with Gasteiger partial charge in [-0.2, -0.15) is 0 Å². The highest BCUT2D eigenvalue weighted by Crippen LogP contribution is 2.28. The number of rotatable bonds is 10. The molecule has 0 radical (unpaired) electrons. The van der Waals surface area contributed by atoms with Crippen molar-refractivity contribution in [3.8, 4) is 0 Å². The van der Waals surface area contributed by atoms with Crippen LogP contribution in [-0.2, 0) is 0 Å². The Labute approximate surface area is 116 Å². The van der Waals surface area contributed by atoms with Gasteiger partial charge in [0.2, 0.25) is 0 Å². The summed E-state index contributed by atoms with van der Waals surface area (Å²) in [7, 11) is 0. The van der Waals surface area contributed by atoms with E-state index in [1.807, 2.05) is 0 Å². The first-order chi connectivity index (χ1) is 8.40. The van der Waals surface area contributed by atoms with Gasteiger partial charge in [-0.15, -0.1) is 0 Å². The van der Waals surface area contributed by atoms with E-state index in [0.29, 0.717) is 11.5 Å². The van der Waals surface area contributed by atoms with E-state index in [4.69, 9.17) is 0 Å². The van der Waals surface area contributed by atoms with Gasteiger partial charge >= 0.3 is 0 Å². The minimum absolute atomic E-state index is 0.440. The molecule has 0 fully saturated rings. The average Bonchev–Trinajstić information content (AvgIpc) is 2.32. The molecule has 2 heteroatoms. The van der Waals surface area contributed by atoms with E-state index in [1.165, 1.54) is 25.9 Å². The molecule has 0 aromatic heterocycles. The van der Waals surface area contributed by atoms with Crippen LogP contribution in [0, 0.1) is 11.3 Å². The van der Waals surface area contributed by atoms with Crippen molar-refractivity contribution in [1.29, 1.82) is 0 Å². The third kappa shape index (κ3) is 6.19. The first-order valence-electron chi connectivity index (χ1n) is 7.85. The quantitative estimate of drug-likeness (QED) is 0.640. The SMILES string of the molecule is CCNCC(CC)(CC)CN(CC(C)C)C(C)C. The highest BCUT2D eigenvalue weighted by Gasteiger charge is 2.29. The van der Waals surface area contributed by atoms with Crippen LogP contribution in [0.25, 0.3) is 0 Å². The number of hydrogen-bond acceptors (Lipinski definition) is 2. The van der Waals surface area contributed by atoms with Crippen LogP contribution in [0.4, 0.5) is 0 Å². The van der Waals surface area contributed by atoms with E-state index in [2.05, 4.69) is 58.7 Å². The molecule has 0 aromatic carbocycles. The summed E-state index contributed by atoms with van der Waals surface area (Å²) >= 11 is 0. The Morgan fingerprint density at radius 1 is 1.00 bits per heavy atom. The Kier molecular flexibility index (Phi) is 8.89. The monoisotopic (exact) mass is 256 g/mol. The molecular weight excluding hydrogens is 220 g/mol. The molecule has 0 amide bonds. The lowest BCUT2D eigenvalue weighted by molar-refractivity contribution is 0.0993. The van der Waals surface area contributed by atoms with Crippen molar-refractivity contribution in [2.24, 2.45) is 11.3 Å². The van der Waals surface area contributed by atoms with Crippen molar-refractivity contribution in [3.05, 3.63) is 0 Å². The molecule has 18 heavy (non-hydrogen) atoms. The second-order valence-electron chi connectivity index (χ2n) is 6.40. The second-order valence-corrected chi connectivity index (χ2v) is 6.40. The van der Waals surface area contributed by atoms with E-state index in [-0.39, 0.29) is 0 Å². The molecule has 2 nitrogen and oxygen atoms in total. The predicted octanol–water partition coefficient (Wildman–Crippen LogP) is 3.77. The highest BCUT2D eigenvalue weighted by atomic mass is 15.2. The van der Waals surface area contributed by atoms with Crippen molar-refractivity contribution in [2.45, 2.75) is 67.3 Å². The highest BCUT2D eigenvalue weighted by molar-refractivity contribution is 4.84. The lowest BCUT2D eigenvalue weighted by atomic mass is 9.81. The summed E-state index contributed by atoms with van der Waals surface area (Å²) in [5.74, 6) is 0.748. The standard InChI is InChI=1S/C16H36N2/c1-8-16(9-2,12-17-10-3)13-18(15(6)7)11-14(4)5/h14-15,17H,8-13H2,1-7H3. The van der Waals surface area contributed by atoms with E-state index in [9.17, 15) is 0 Å². The maximum atomic E-state index is 3.56. The first kappa shape index (κ1) is 17.9. The molecule has 0 unspecified atom stereocenters. The van der Waals surface area contributed by atoms with Crippen LogP contribution in [0.5, 0.6) is 0 Å². The fourth-order valence-electron chi connectivity index (χ4n) is 2.53. The number of hydrogen-bond donors (Lipinski definition) is 1. The fourth-order valence-corrected chi connectivity index (χ4v) is 2.53. The molecule has 0 saturated heterocycles. The molecule has 0 aliphatic heterocycles. The van der Waals surface area contributed by atoms with Gasteiger partial charge in [-0.05, 0) is 44.6 Å². The summed E-state index contributed by atoms with van der Waals surface area (Å²) in [6.07, 6.45) is 2.52. The van der Waals surface area contributed by atoms with Crippen molar-refractivity contribution < 1.29 is 0 Å². The fraction of sp³-hybridized carbons (Fsp3) is 1.00. The predicted molar refractivity (Wildman–Crippen MR) is 83.1 cm³/mol. The maximum absolute atomic E-state index is 3.56. The Hall–Kier alpha value is -0.0800. The van der Waals surface area contributed by atoms with Gasteiger partial charge in [0.1, 0.15) is 0 Å². The summed E-state index contributed by atoms with van der Waals surface area (Å²) in [5.41, 5.74) is 0.440. The van der Waals surface area contributed by atoms with Gasteiger partial charge in [0, 0.05) is 25.7 Å². The smallest absolute Gasteiger partial charge is 0.00528 e. The molecule has 0 heterocycles. The molecule has 110 valence electrons. The van der Waals surface area contributed by atoms with E-state index >= 15 is 0 Å². The van der Waals surface area contributed by atoms with Gasteiger partial charge in [0.15, 0.2) is 0 Å². The Morgan fingerprint density at radius 3 is 1.89 bits per heavy atom. The molecule has 0 aromatic rings. The molecule has 0 rings (SSSR count). The zero-order valence-electron chi connectivity index (χ0n) is 13.8. The van der Waals surface area contributed by atoms with Crippen LogP contribution in [0.1, 0.15) is 61.3 Å². The Bertz CT molecular complexity index is 195. The van der Waals surface area contributed by atoms with Crippen molar-refractivity contribution in [2.75, 3.05) is 26.2 Å². The van der Waals surface area contributed by atoms with E-state index < -0.39 is 0 Å². The molecule has 0 bridgehead atoms. The summed E-state index contributed by atoms with van der Waals surface area (Å²) < 4.78 is 0. The molecule has 0 saturated carbocycles.